The van der Waals surface area contributed by atoms with Gasteiger partial charge in [-0.3, -0.25) is 9.78 Å². The van der Waals surface area contributed by atoms with E-state index in [0.717, 1.165) is 11.8 Å². The van der Waals surface area contributed by atoms with Gasteiger partial charge in [-0.1, -0.05) is 55.5 Å². The molecule has 1 aromatic heterocycles. The molecule has 3 rings (SSSR count). The van der Waals surface area contributed by atoms with E-state index in [1.54, 1.807) is 25.3 Å². The lowest BCUT2D eigenvalue weighted by molar-refractivity contribution is -0.129. The molecule has 0 aliphatic carbocycles. The van der Waals surface area contributed by atoms with Crippen molar-refractivity contribution in [3.05, 3.63) is 78.0 Å². The summed E-state index contributed by atoms with van der Waals surface area (Å²) in [5.41, 5.74) is 2.10. The molecule has 1 N–H and O–H groups in total. The second-order valence-electron chi connectivity index (χ2n) is 6.69. The normalized spacial score (nSPS) is 12.9. The monoisotopic (exact) mass is 376 g/mol. The Bertz CT molecular complexity index is 951. The summed E-state index contributed by atoms with van der Waals surface area (Å²) >= 11 is 0. The van der Waals surface area contributed by atoms with Gasteiger partial charge < -0.3 is 10.1 Å². The largest absolute Gasteiger partial charge is 0.449 e. The minimum absolute atomic E-state index is 0.218. The van der Waals surface area contributed by atoms with E-state index in [9.17, 15) is 9.59 Å². The maximum Gasteiger partial charge on any atom is 0.341 e. The minimum atomic E-state index is -0.889. The number of ether oxygens (including phenoxy) is 1. The van der Waals surface area contributed by atoms with E-state index in [1.165, 1.54) is 5.56 Å². The molecule has 0 aliphatic rings. The quantitative estimate of drug-likeness (QED) is 0.631. The number of nitrogens with zero attached hydrogens (tertiary/aromatic N) is 1. The van der Waals surface area contributed by atoms with Crippen LogP contribution in [0.25, 0.3) is 10.9 Å². The highest BCUT2D eigenvalue weighted by molar-refractivity contribution is 6.03. The van der Waals surface area contributed by atoms with Crippen molar-refractivity contribution in [2.75, 3.05) is 6.54 Å². The number of hydrogen-bond donors (Lipinski definition) is 1. The molecule has 0 radical (unpaired) electrons. The van der Waals surface area contributed by atoms with Crippen molar-refractivity contribution in [1.82, 2.24) is 10.3 Å². The van der Waals surface area contributed by atoms with Crippen molar-refractivity contribution in [3.63, 3.8) is 0 Å². The molecule has 2 atom stereocenters. The number of hydrogen-bond acceptors (Lipinski definition) is 4. The van der Waals surface area contributed by atoms with Crippen molar-refractivity contribution in [2.24, 2.45) is 0 Å². The van der Waals surface area contributed by atoms with E-state index in [1.807, 2.05) is 36.4 Å². The topological polar surface area (TPSA) is 68.3 Å². The van der Waals surface area contributed by atoms with Crippen molar-refractivity contribution in [3.8, 4) is 0 Å². The van der Waals surface area contributed by atoms with Gasteiger partial charge in [0.25, 0.3) is 5.91 Å². The summed E-state index contributed by atoms with van der Waals surface area (Å²) in [5.74, 6) is -0.645. The molecule has 0 fully saturated rings. The van der Waals surface area contributed by atoms with Crippen molar-refractivity contribution < 1.29 is 14.3 Å². The van der Waals surface area contributed by atoms with Gasteiger partial charge in [-0.25, -0.2) is 4.79 Å². The van der Waals surface area contributed by atoms with Crippen LogP contribution >= 0.6 is 0 Å². The van der Waals surface area contributed by atoms with Crippen LogP contribution in [-0.2, 0) is 9.53 Å². The molecular formula is C23H24N2O3. The predicted molar refractivity (Wildman–Crippen MR) is 109 cm³/mol. The lowest BCUT2D eigenvalue weighted by atomic mass is 9.96. The first kappa shape index (κ1) is 19.5. The zero-order chi connectivity index (χ0) is 19.9. The third kappa shape index (κ3) is 4.55. The van der Waals surface area contributed by atoms with Gasteiger partial charge in [0.2, 0.25) is 0 Å². The maximum atomic E-state index is 12.5. The smallest absolute Gasteiger partial charge is 0.341 e. The van der Waals surface area contributed by atoms with Gasteiger partial charge in [0, 0.05) is 24.0 Å². The Morgan fingerprint density at radius 1 is 1.04 bits per heavy atom. The van der Waals surface area contributed by atoms with Crippen LogP contribution in [0.2, 0.25) is 0 Å². The standard InChI is InChI=1S/C23H24N2O3/c1-3-17(18-9-5-4-6-10-18)15-25-22(26)16(2)28-23(27)20-13-7-11-19-12-8-14-24-21(19)20/h4-14,16-17H,3,15H2,1-2H3,(H,25,26)/t16-,17-/m0/s1. The molecule has 5 heteroatoms. The summed E-state index contributed by atoms with van der Waals surface area (Å²) < 4.78 is 5.39. The SMILES string of the molecule is CC[C@@H](CNC(=O)[C@H](C)OC(=O)c1cccc2cccnc12)c1ccccc1. The number of pyridine rings is 1. The number of aromatic nitrogens is 1. The second-order valence-corrected chi connectivity index (χ2v) is 6.69. The average Bonchev–Trinajstić information content (AvgIpc) is 2.74. The van der Waals surface area contributed by atoms with Gasteiger partial charge in [0.1, 0.15) is 0 Å². The molecule has 5 nitrogen and oxygen atoms in total. The number of para-hydroxylation sites is 1. The van der Waals surface area contributed by atoms with E-state index >= 15 is 0 Å². The lowest BCUT2D eigenvalue weighted by Gasteiger charge is -2.18. The van der Waals surface area contributed by atoms with Crippen LogP contribution in [0, 0.1) is 0 Å². The van der Waals surface area contributed by atoms with Crippen LogP contribution in [0.4, 0.5) is 0 Å². The van der Waals surface area contributed by atoms with Crippen molar-refractivity contribution in [2.45, 2.75) is 32.3 Å². The fourth-order valence-corrected chi connectivity index (χ4v) is 3.14. The number of fused-ring (bicyclic) bond motifs is 1. The Balaban J connectivity index is 1.61. The van der Waals surface area contributed by atoms with Crippen molar-refractivity contribution in [1.29, 1.82) is 0 Å². The number of esters is 1. The maximum absolute atomic E-state index is 12.5. The van der Waals surface area contributed by atoms with E-state index in [4.69, 9.17) is 4.74 Å². The highest BCUT2D eigenvalue weighted by atomic mass is 16.5. The summed E-state index contributed by atoms with van der Waals surface area (Å²) in [4.78, 5) is 29.2. The number of nitrogens with one attached hydrogen (secondary N) is 1. The molecule has 1 amide bonds. The fourth-order valence-electron chi connectivity index (χ4n) is 3.14. The minimum Gasteiger partial charge on any atom is -0.449 e. The summed E-state index contributed by atoms with van der Waals surface area (Å²) in [5, 5.41) is 3.74. The molecule has 1 heterocycles. The van der Waals surface area contributed by atoms with E-state index in [0.29, 0.717) is 17.6 Å². The highest BCUT2D eigenvalue weighted by Gasteiger charge is 2.21. The average molecular weight is 376 g/mol. The first-order valence-corrected chi connectivity index (χ1v) is 9.47. The van der Waals surface area contributed by atoms with Gasteiger partial charge in [-0.15, -0.1) is 0 Å². The molecule has 0 spiro atoms. The molecule has 3 aromatic rings. The fraction of sp³-hybridized carbons (Fsp3) is 0.261. The zero-order valence-corrected chi connectivity index (χ0v) is 16.1. The van der Waals surface area contributed by atoms with E-state index in [2.05, 4.69) is 29.4 Å². The third-order valence-corrected chi connectivity index (χ3v) is 4.79. The molecule has 0 unspecified atom stereocenters. The van der Waals surface area contributed by atoms with Gasteiger partial charge >= 0.3 is 5.97 Å². The Labute approximate surface area is 164 Å². The van der Waals surface area contributed by atoms with Crippen LogP contribution in [0.15, 0.2) is 66.9 Å². The van der Waals surface area contributed by atoms with Gasteiger partial charge in [0.05, 0.1) is 11.1 Å². The molecule has 28 heavy (non-hydrogen) atoms. The molecule has 0 bridgehead atoms. The summed E-state index contributed by atoms with van der Waals surface area (Å²) in [6.45, 7) is 4.16. The molecule has 144 valence electrons. The first-order chi connectivity index (χ1) is 13.6. The molecule has 2 aromatic carbocycles. The number of benzene rings is 2. The van der Waals surface area contributed by atoms with Crippen LogP contribution in [0.1, 0.15) is 42.1 Å². The Morgan fingerprint density at radius 3 is 2.54 bits per heavy atom. The summed E-state index contributed by atoms with van der Waals surface area (Å²) in [6.07, 6.45) is 1.64. The Hall–Kier alpha value is -3.21. The van der Waals surface area contributed by atoms with Gasteiger partial charge in [-0.05, 0) is 31.0 Å². The Kier molecular flexibility index (Phi) is 6.37. The first-order valence-electron chi connectivity index (χ1n) is 9.47. The molecular weight excluding hydrogens is 352 g/mol. The Morgan fingerprint density at radius 2 is 1.79 bits per heavy atom. The second kappa shape index (κ2) is 9.13. The van der Waals surface area contributed by atoms with Crippen LogP contribution in [0.5, 0.6) is 0 Å². The van der Waals surface area contributed by atoms with E-state index in [-0.39, 0.29) is 11.8 Å². The summed E-state index contributed by atoms with van der Waals surface area (Å²) in [7, 11) is 0. The van der Waals surface area contributed by atoms with Crippen LogP contribution in [0.3, 0.4) is 0 Å². The van der Waals surface area contributed by atoms with E-state index < -0.39 is 12.1 Å². The molecule has 0 aliphatic heterocycles. The van der Waals surface area contributed by atoms with Gasteiger partial charge in [0.15, 0.2) is 6.10 Å². The molecule has 0 saturated carbocycles. The van der Waals surface area contributed by atoms with Crippen LogP contribution in [-0.4, -0.2) is 29.5 Å². The number of rotatable bonds is 7. The number of amides is 1. The number of carbonyl (C=O) groups excluding carboxylic acids is 2. The zero-order valence-electron chi connectivity index (χ0n) is 16.1. The predicted octanol–water partition coefficient (Wildman–Crippen LogP) is 4.09. The van der Waals surface area contributed by atoms with Crippen LogP contribution < -0.4 is 5.32 Å². The highest BCUT2D eigenvalue weighted by Crippen LogP contribution is 2.19. The lowest BCUT2D eigenvalue weighted by Crippen LogP contribution is -2.38. The summed E-state index contributed by atoms with van der Waals surface area (Å²) in [6, 6.07) is 19.1. The number of carbonyl (C=O) groups is 2. The van der Waals surface area contributed by atoms with Gasteiger partial charge in [-0.2, -0.15) is 0 Å². The third-order valence-electron chi connectivity index (χ3n) is 4.79. The van der Waals surface area contributed by atoms with Crippen molar-refractivity contribution >= 4 is 22.8 Å². The molecule has 0 saturated heterocycles.